The van der Waals surface area contributed by atoms with Crippen molar-refractivity contribution < 1.29 is 33.3 Å². The Morgan fingerprint density at radius 2 is 1.36 bits per heavy atom. The van der Waals surface area contributed by atoms with Gasteiger partial charge in [0, 0.05) is 0 Å². The second-order valence-electron chi connectivity index (χ2n) is 5.42. The molecule has 0 aromatic rings. The molecule has 0 bridgehead atoms. The molecular weight excluding hydrogens is 292 g/mol. The van der Waals surface area contributed by atoms with Gasteiger partial charge in [-0.25, -0.2) is 4.79 Å². The van der Waals surface area contributed by atoms with Gasteiger partial charge in [0.2, 0.25) is 0 Å². The zero-order valence-electron chi connectivity index (χ0n) is 14.0. The molecule has 0 aliphatic carbocycles. The van der Waals surface area contributed by atoms with Crippen LogP contribution in [0.1, 0.15) is 34.1 Å². The van der Waals surface area contributed by atoms with Crippen LogP contribution in [0.5, 0.6) is 0 Å². The standard InChI is InChI=1S/C15H28O7/c1-5-21-13(16)6-7-18-8-9-19-10-11-20-12-14(17)22-15(2,3)4/h5-12H2,1-4H3. The molecule has 0 unspecified atom stereocenters. The van der Waals surface area contributed by atoms with E-state index in [-0.39, 0.29) is 19.0 Å². The number of esters is 2. The normalized spacial score (nSPS) is 11.3. The van der Waals surface area contributed by atoms with Crippen LogP contribution in [0.2, 0.25) is 0 Å². The summed E-state index contributed by atoms with van der Waals surface area (Å²) in [7, 11) is 0. The fourth-order valence-corrected chi connectivity index (χ4v) is 1.35. The van der Waals surface area contributed by atoms with Crippen LogP contribution in [0.3, 0.4) is 0 Å². The maximum absolute atomic E-state index is 11.3. The lowest BCUT2D eigenvalue weighted by molar-refractivity contribution is -0.160. The molecule has 0 aromatic heterocycles. The smallest absolute Gasteiger partial charge is 0.332 e. The molecule has 0 fully saturated rings. The first-order valence-electron chi connectivity index (χ1n) is 7.46. The molecule has 0 radical (unpaired) electrons. The van der Waals surface area contributed by atoms with E-state index in [0.29, 0.717) is 39.6 Å². The van der Waals surface area contributed by atoms with Crippen molar-refractivity contribution in [2.75, 3.05) is 46.2 Å². The number of carbonyl (C=O) groups excluding carboxylic acids is 2. The summed E-state index contributed by atoms with van der Waals surface area (Å²) in [5.41, 5.74) is -0.502. The molecule has 0 saturated carbocycles. The van der Waals surface area contributed by atoms with Crippen molar-refractivity contribution in [3.05, 3.63) is 0 Å². The summed E-state index contributed by atoms with van der Waals surface area (Å²) >= 11 is 0. The molecule has 0 spiro atoms. The van der Waals surface area contributed by atoms with Crippen molar-refractivity contribution in [2.45, 2.75) is 39.7 Å². The Morgan fingerprint density at radius 3 is 1.91 bits per heavy atom. The van der Waals surface area contributed by atoms with Crippen molar-refractivity contribution in [3.8, 4) is 0 Å². The molecule has 0 saturated heterocycles. The van der Waals surface area contributed by atoms with Crippen LogP contribution >= 0.6 is 0 Å². The van der Waals surface area contributed by atoms with Gasteiger partial charge in [0.25, 0.3) is 0 Å². The zero-order valence-corrected chi connectivity index (χ0v) is 14.0. The highest BCUT2D eigenvalue weighted by Crippen LogP contribution is 2.06. The van der Waals surface area contributed by atoms with Crippen LogP contribution in [0, 0.1) is 0 Å². The lowest BCUT2D eigenvalue weighted by atomic mass is 10.2. The summed E-state index contributed by atoms with van der Waals surface area (Å²) in [5.74, 6) is -0.659. The molecule has 0 heterocycles. The largest absolute Gasteiger partial charge is 0.466 e. The third-order valence-electron chi connectivity index (χ3n) is 2.14. The number of ether oxygens (including phenoxy) is 5. The van der Waals surface area contributed by atoms with E-state index in [1.54, 1.807) is 27.7 Å². The summed E-state index contributed by atoms with van der Waals surface area (Å²) < 4.78 is 25.4. The fraction of sp³-hybridized carbons (Fsp3) is 0.867. The second kappa shape index (κ2) is 12.4. The van der Waals surface area contributed by atoms with E-state index in [1.165, 1.54) is 0 Å². The topological polar surface area (TPSA) is 80.3 Å². The fourth-order valence-electron chi connectivity index (χ4n) is 1.35. The van der Waals surface area contributed by atoms with Crippen LogP contribution in [0.4, 0.5) is 0 Å². The lowest BCUT2D eigenvalue weighted by Gasteiger charge is -2.19. The maximum atomic E-state index is 11.3. The quantitative estimate of drug-likeness (QED) is 0.396. The van der Waals surface area contributed by atoms with Crippen LogP contribution in [-0.4, -0.2) is 63.8 Å². The van der Waals surface area contributed by atoms with Crippen LogP contribution in [0.25, 0.3) is 0 Å². The predicted octanol–water partition coefficient (Wildman–Crippen LogP) is 1.33. The van der Waals surface area contributed by atoms with Gasteiger partial charge in [0.15, 0.2) is 0 Å². The van der Waals surface area contributed by atoms with Crippen molar-refractivity contribution in [2.24, 2.45) is 0 Å². The number of hydrogen-bond acceptors (Lipinski definition) is 7. The Labute approximate surface area is 132 Å². The molecule has 22 heavy (non-hydrogen) atoms. The van der Waals surface area contributed by atoms with Gasteiger partial charge < -0.3 is 23.7 Å². The van der Waals surface area contributed by atoms with Crippen molar-refractivity contribution in [1.82, 2.24) is 0 Å². The molecule has 0 N–H and O–H groups in total. The van der Waals surface area contributed by atoms with Crippen molar-refractivity contribution in [3.63, 3.8) is 0 Å². The third kappa shape index (κ3) is 15.2. The van der Waals surface area contributed by atoms with Crippen molar-refractivity contribution >= 4 is 11.9 Å². The highest BCUT2D eigenvalue weighted by Gasteiger charge is 2.15. The summed E-state index contributed by atoms with van der Waals surface area (Å²) in [5, 5.41) is 0. The summed E-state index contributed by atoms with van der Waals surface area (Å²) in [4.78, 5) is 22.3. The first-order chi connectivity index (χ1) is 10.3. The minimum atomic E-state index is -0.502. The van der Waals surface area contributed by atoms with Gasteiger partial charge >= 0.3 is 11.9 Å². The highest BCUT2D eigenvalue weighted by molar-refractivity contribution is 5.71. The Bertz CT molecular complexity index is 310. The minimum Gasteiger partial charge on any atom is -0.466 e. The molecule has 0 aromatic carbocycles. The lowest BCUT2D eigenvalue weighted by Crippen LogP contribution is -2.27. The molecular formula is C15H28O7. The van der Waals surface area contributed by atoms with E-state index in [4.69, 9.17) is 23.7 Å². The maximum Gasteiger partial charge on any atom is 0.332 e. The SMILES string of the molecule is CCOC(=O)CCOCCOCCOCC(=O)OC(C)(C)C. The van der Waals surface area contributed by atoms with Gasteiger partial charge in [-0.3, -0.25) is 4.79 Å². The van der Waals surface area contributed by atoms with Gasteiger partial charge in [0.1, 0.15) is 12.2 Å². The molecule has 0 aliphatic rings. The molecule has 0 rings (SSSR count). The summed E-state index contributed by atoms with van der Waals surface area (Å²) in [6.07, 6.45) is 0.243. The van der Waals surface area contributed by atoms with E-state index in [2.05, 4.69) is 0 Å². The number of hydrogen-bond donors (Lipinski definition) is 0. The average Bonchev–Trinajstić information content (AvgIpc) is 2.39. The number of carbonyl (C=O) groups is 2. The Kier molecular flexibility index (Phi) is 11.7. The van der Waals surface area contributed by atoms with Gasteiger partial charge in [-0.05, 0) is 27.7 Å². The highest BCUT2D eigenvalue weighted by atomic mass is 16.6. The van der Waals surface area contributed by atoms with Crippen LogP contribution in [0.15, 0.2) is 0 Å². The first kappa shape index (κ1) is 20.8. The monoisotopic (exact) mass is 320 g/mol. The van der Waals surface area contributed by atoms with Gasteiger partial charge in [0.05, 0.1) is 46.1 Å². The molecule has 130 valence electrons. The molecule has 0 amide bonds. The summed E-state index contributed by atoms with van der Waals surface area (Å²) in [6, 6.07) is 0. The van der Waals surface area contributed by atoms with E-state index in [0.717, 1.165) is 0 Å². The molecule has 0 atom stereocenters. The Morgan fingerprint density at radius 1 is 0.818 bits per heavy atom. The van der Waals surface area contributed by atoms with Gasteiger partial charge in [-0.2, -0.15) is 0 Å². The summed E-state index contributed by atoms with van der Waals surface area (Å²) in [6.45, 7) is 9.24. The third-order valence-corrected chi connectivity index (χ3v) is 2.14. The van der Waals surface area contributed by atoms with Gasteiger partial charge in [-0.15, -0.1) is 0 Å². The molecule has 7 heteroatoms. The van der Waals surface area contributed by atoms with Gasteiger partial charge in [-0.1, -0.05) is 0 Å². The van der Waals surface area contributed by atoms with E-state index < -0.39 is 11.6 Å². The van der Waals surface area contributed by atoms with Crippen LogP contribution < -0.4 is 0 Å². The van der Waals surface area contributed by atoms with Crippen molar-refractivity contribution in [1.29, 1.82) is 0 Å². The average molecular weight is 320 g/mol. The van der Waals surface area contributed by atoms with Crippen LogP contribution in [-0.2, 0) is 33.3 Å². The zero-order chi connectivity index (χ0) is 16.8. The van der Waals surface area contributed by atoms with E-state index in [9.17, 15) is 9.59 Å². The van der Waals surface area contributed by atoms with E-state index >= 15 is 0 Å². The second-order valence-corrected chi connectivity index (χ2v) is 5.42. The predicted molar refractivity (Wildman–Crippen MR) is 79.6 cm³/mol. The molecule has 7 nitrogen and oxygen atoms in total. The number of rotatable bonds is 12. The van der Waals surface area contributed by atoms with E-state index in [1.807, 2.05) is 0 Å². The Balaban J connectivity index is 3.27. The Hall–Kier alpha value is -1.18. The first-order valence-corrected chi connectivity index (χ1v) is 7.46. The minimum absolute atomic E-state index is 0.0866. The molecule has 0 aliphatic heterocycles.